The van der Waals surface area contributed by atoms with Crippen molar-refractivity contribution >= 4 is 17.6 Å². The van der Waals surface area contributed by atoms with E-state index in [2.05, 4.69) is 5.32 Å². The van der Waals surface area contributed by atoms with Crippen LogP contribution in [0.25, 0.3) is 0 Å². The van der Waals surface area contributed by atoms with Crippen LogP contribution in [0.15, 0.2) is 24.3 Å². The summed E-state index contributed by atoms with van der Waals surface area (Å²) in [5, 5.41) is 19.8. The van der Waals surface area contributed by atoms with Crippen LogP contribution in [0.1, 0.15) is 12.0 Å². The van der Waals surface area contributed by atoms with Crippen molar-refractivity contribution in [1.82, 2.24) is 5.32 Å². The number of nitrogens with zero attached hydrogens (tertiary/aromatic N) is 1. The average molecular weight is 280 g/mol. The van der Waals surface area contributed by atoms with Gasteiger partial charge < -0.3 is 20.4 Å². The van der Waals surface area contributed by atoms with Crippen molar-refractivity contribution in [3.05, 3.63) is 29.8 Å². The van der Waals surface area contributed by atoms with Gasteiger partial charge in [0.15, 0.2) is 0 Å². The zero-order valence-corrected chi connectivity index (χ0v) is 11.7. The van der Waals surface area contributed by atoms with Crippen molar-refractivity contribution in [2.75, 3.05) is 25.6 Å². The lowest BCUT2D eigenvalue weighted by atomic mass is 10.1. The Hall–Kier alpha value is -2.08. The number of carboxylic acids is 1. The van der Waals surface area contributed by atoms with Crippen molar-refractivity contribution in [3.8, 4) is 0 Å². The Bertz CT molecular complexity index is 457. The van der Waals surface area contributed by atoms with Crippen molar-refractivity contribution < 1.29 is 19.8 Å². The van der Waals surface area contributed by atoms with Gasteiger partial charge in [-0.2, -0.15) is 0 Å². The maximum Gasteiger partial charge on any atom is 0.328 e. The molecule has 0 heterocycles. The minimum absolute atomic E-state index is 0.186. The zero-order chi connectivity index (χ0) is 15.1. The summed E-state index contributed by atoms with van der Waals surface area (Å²) in [6.07, 6.45) is 0.711. The third-order valence-corrected chi connectivity index (χ3v) is 2.91. The normalized spacial score (nSPS) is 11.8. The molecule has 20 heavy (non-hydrogen) atoms. The summed E-state index contributed by atoms with van der Waals surface area (Å²) in [6.45, 7) is -0.612. The highest BCUT2D eigenvalue weighted by molar-refractivity contribution is 5.83. The second kappa shape index (κ2) is 7.49. The first-order valence-corrected chi connectivity index (χ1v) is 6.33. The molecule has 0 aliphatic heterocycles. The molecule has 1 amide bonds. The van der Waals surface area contributed by atoms with Gasteiger partial charge in [0.25, 0.3) is 0 Å². The van der Waals surface area contributed by atoms with Gasteiger partial charge in [-0.25, -0.2) is 4.79 Å². The number of carbonyl (C=O) groups excluding carboxylic acids is 1. The van der Waals surface area contributed by atoms with Gasteiger partial charge in [-0.3, -0.25) is 4.79 Å². The second-order valence-electron chi connectivity index (χ2n) is 4.70. The first-order chi connectivity index (χ1) is 9.43. The first kappa shape index (κ1) is 16.0. The van der Waals surface area contributed by atoms with Gasteiger partial charge in [0.05, 0.1) is 6.61 Å². The van der Waals surface area contributed by atoms with Crippen LogP contribution >= 0.6 is 0 Å². The lowest BCUT2D eigenvalue weighted by Gasteiger charge is -2.13. The molecular formula is C14H20N2O4. The number of aryl methyl sites for hydroxylation is 1. The number of carbonyl (C=O) groups is 2. The number of carboxylic acid groups (broad SMARTS) is 1. The molecule has 0 bridgehead atoms. The van der Waals surface area contributed by atoms with E-state index in [0.717, 1.165) is 11.3 Å². The number of hydrogen-bond acceptors (Lipinski definition) is 4. The van der Waals surface area contributed by atoms with E-state index < -0.39 is 18.6 Å². The molecule has 0 aliphatic rings. The molecule has 110 valence electrons. The standard InChI is InChI=1S/C14H20N2O4/c1-16(2)11-6-3-10(4-7-11)5-8-13(18)15-12(9-17)14(19)20/h3-4,6-7,12,17H,5,8-9H2,1-2H3,(H,15,18)(H,19,20)/t12-/m0/s1. The number of rotatable bonds is 7. The SMILES string of the molecule is CN(C)c1ccc(CCC(=O)N[C@@H](CO)C(=O)O)cc1. The molecule has 0 radical (unpaired) electrons. The number of aliphatic hydroxyl groups is 1. The predicted octanol–water partition coefficient (Wildman–Crippen LogP) is 0.247. The predicted molar refractivity (Wildman–Crippen MR) is 75.7 cm³/mol. The number of aliphatic carboxylic acids is 1. The van der Waals surface area contributed by atoms with Crippen LogP contribution in [-0.2, 0) is 16.0 Å². The number of amides is 1. The highest BCUT2D eigenvalue weighted by Gasteiger charge is 2.18. The fourth-order valence-electron chi connectivity index (χ4n) is 1.67. The lowest BCUT2D eigenvalue weighted by Crippen LogP contribution is -2.43. The van der Waals surface area contributed by atoms with Crippen LogP contribution in [-0.4, -0.2) is 48.8 Å². The van der Waals surface area contributed by atoms with Crippen LogP contribution in [0.3, 0.4) is 0 Å². The third-order valence-electron chi connectivity index (χ3n) is 2.91. The molecule has 0 spiro atoms. The Morgan fingerprint density at radius 3 is 2.30 bits per heavy atom. The summed E-state index contributed by atoms with van der Waals surface area (Å²) < 4.78 is 0. The number of anilines is 1. The van der Waals surface area contributed by atoms with E-state index in [0.29, 0.717) is 6.42 Å². The van der Waals surface area contributed by atoms with E-state index in [1.165, 1.54) is 0 Å². The van der Waals surface area contributed by atoms with E-state index >= 15 is 0 Å². The van der Waals surface area contributed by atoms with E-state index in [1.807, 2.05) is 43.3 Å². The third kappa shape index (κ3) is 4.89. The average Bonchev–Trinajstić information content (AvgIpc) is 2.42. The van der Waals surface area contributed by atoms with Gasteiger partial charge in [-0.05, 0) is 24.1 Å². The molecule has 0 saturated heterocycles. The van der Waals surface area contributed by atoms with Gasteiger partial charge in [0, 0.05) is 26.2 Å². The summed E-state index contributed by atoms with van der Waals surface area (Å²) >= 11 is 0. The van der Waals surface area contributed by atoms with Gasteiger partial charge >= 0.3 is 5.97 Å². The number of hydrogen-bond donors (Lipinski definition) is 3. The highest BCUT2D eigenvalue weighted by Crippen LogP contribution is 2.13. The molecule has 0 aromatic heterocycles. The topological polar surface area (TPSA) is 89.9 Å². The van der Waals surface area contributed by atoms with Crippen molar-refractivity contribution in [2.24, 2.45) is 0 Å². The van der Waals surface area contributed by atoms with Gasteiger partial charge in [-0.1, -0.05) is 12.1 Å². The summed E-state index contributed by atoms with van der Waals surface area (Å²) in [5.41, 5.74) is 2.08. The molecule has 0 aliphatic carbocycles. The quantitative estimate of drug-likeness (QED) is 0.666. The minimum atomic E-state index is -1.24. The molecule has 1 aromatic rings. The van der Waals surface area contributed by atoms with E-state index in [-0.39, 0.29) is 12.3 Å². The summed E-state index contributed by atoms with van der Waals surface area (Å²) in [6, 6.07) is 6.55. The van der Waals surface area contributed by atoms with Crippen LogP contribution < -0.4 is 10.2 Å². The largest absolute Gasteiger partial charge is 0.480 e. The molecule has 0 saturated carbocycles. The van der Waals surface area contributed by atoms with E-state index in [9.17, 15) is 9.59 Å². The van der Waals surface area contributed by atoms with Gasteiger partial charge in [0.2, 0.25) is 5.91 Å². The van der Waals surface area contributed by atoms with E-state index in [1.54, 1.807) is 0 Å². The maximum absolute atomic E-state index is 11.6. The fraction of sp³-hybridized carbons (Fsp3) is 0.429. The zero-order valence-electron chi connectivity index (χ0n) is 11.7. The fourth-order valence-corrected chi connectivity index (χ4v) is 1.67. The highest BCUT2D eigenvalue weighted by atomic mass is 16.4. The van der Waals surface area contributed by atoms with Crippen LogP contribution in [0, 0.1) is 0 Å². The lowest BCUT2D eigenvalue weighted by molar-refractivity contribution is -0.142. The summed E-state index contributed by atoms with van der Waals surface area (Å²) in [7, 11) is 3.90. The Morgan fingerprint density at radius 2 is 1.85 bits per heavy atom. The van der Waals surface area contributed by atoms with Crippen LogP contribution in [0.5, 0.6) is 0 Å². The van der Waals surface area contributed by atoms with Crippen molar-refractivity contribution in [3.63, 3.8) is 0 Å². The molecule has 3 N–H and O–H groups in total. The Balaban J connectivity index is 2.46. The molecular weight excluding hydrogens is 260 g/mol. The van der Waals surface area contributed by atoms with Gasteiger partial charge in [-0.15, -0.1) is 0 Å². The Morgan fingerprint density at radius 1 is 1.25 bits per heavy atom. The molecule has 1 aromatic carbocycles. The first-order valence-electron chi connectivity index (χ1n) is 6.33. The number of nitrogens with one attached hydrogen (secondary N) is 1. The molecule has 1 atom stereocenters. The van der Waals surface area contributed by atoms with Gasteiger partial charge in [0.1, 0.15) is 6.04 Å². The smallest absolute Gasteiger partial charge is 0.328 e. The second-order valence-corrected chi connectivity index (χ2v) is 4.70. The maximum atomic E-state index is 11.6. The van der Waals surface area contributed by atoms with Crippen molar-refractivity contribution in [2.45, 2.75) is 18.9 Å². The number of aliphatic hydroxyl groups excluding tert-OH is 1. The van der Waals surface area contributed by atoms with Crippen LogP contribution in [0.4, 0.5) is 5.69 Å². The Labute approximate surface area is 118 Å². The summed E-state index contributed by atoms with van der Waals surface area (Å²) in [5.74, 6) is -1.63. The molecule has 6 nitrogen and oxygen atoms in total. The molecule has 1 rings (SSSR count). The molecule has 0 unspecified atom stereocenters. The van der Waals surface area contributed by atoms with E-state index in [4.69, 9.17) is 10.2 Å². The summed E-state index contributed by atoms with van der Waals surface area (Å²) in [4.78, 5) is 24.2. The Kier molecular flexibility index (Phi) is 5.99. The minimum Gasteiger partial charge on any atom is -0.480 e. The van der Waals surface area contributed by atoms with Crippen LogP contribution in [0.2, 0.25) is 0 Å². The van der Waals surface area contributed by atoms with Crippen molar-refractivity contribution in [1.29, 1.82) is 0 Å². The monoisotopic (exact) mass is 280 g/mol. The molecule has 6 heteroatoms. The molecule has 0 fully saturated rings. The number of benzene rings is 1.